The van der Waals surface area contributed by atoms with Crippen molar-refractivity contribution in [1.29, 1.82) is 0 Å². The normalized spacial score (nSPS) is 15.5. The molecular weight excluding hydrogens is 414 g/mol. The summed E-state index contributed by atoms with van der Waals surface area (Å²) in [5, 5.41) is 22.2. The van der Waals surface area contributed by atoms with Gasteiger partial charge in [0.25, 0.3) is 0 Å². The second-order valence-corrected chi connectivity index (χ2v) is 8.08. The molecule has 1 unspecified atom stereocenters. The van der Waals surface area contributed by atoms with Gasteiger partial charge in [0, 0.05) is 27.8 Å². The van der Waals surface area contributed by atoms with E-state index in [1.54, 1.807) is 36.4 Å². The van der Waals surface area contributed by atoms with Crippen LogP contribution in [0.5, 0.6) is 0 Å². The standard InChI is InChI=1S/C21H14ClNO5S/c22-13-7-5-11(6-8-13)16-17-18(29-19(16)21(27)28)14(9-15(24)23-17)10-1-3-12(4-2-10)20(25)26/h1-8,14H,9H2,(H,23,24)(H,25,26)(H,27,28). The van der Waals surface area contributed by atoms with Crippen molar-refractivity contribution in [2.45, 2.75) is 12.3 Å². The number of anilines is 1. The van der Waals surface area contributed by atoms with Gasteiger partial charge in [0.2, 0.25) is 5.91 Å². The summed E-state index contributed by atoms with van der Waals surface area (Å²) >= 11 is 7.08. The molecule has 2 heterocycles. The minimum atomic E-state index is -1.08. The first kappa shape index (κ1) is 19.2. The first-order chi connectivity index (χ1) is 13.8. The summed E-state index contributed by atoms with van der Waals surface area (Å²) in [6, 6.07) is 13.1. The Balaban J connectivity index is 1.88. The van der Waals surface area contributed by atoms with Gasteiger partial charge < -0.3 is 15.5 Å². The molecule has 0 saturated heterocycles. The van der Waals surface area contributed by atoms with Gasteiger partial charge in [0.1, 0.15) is 4.88 Å². The summed E-state index contributed by atoms with van der Waals surface area (Å²) in [6.45, 7) is 0. The minimum absolute atomic E-state index is 0.131. The van der Waals surface area contributed by atoms with Gasteiger partial charge in [0.05, 0.1) is 11.3 Å². The van der Waals surface area contributed by atoms with Crippen molar-refractivity contribution in [3.8, 4) is 11.1 Å². The zero-order chi connectivity index (χ0) is 20.7. The van der Waals surface area contributed by atoms with Crippen LogP contribution in [0.15, 0.2) is 48.5 Å². The summed E-state index contributed by atoms with van der Waals surface area (Å²) < 4.78 is 0. The maximum absolute atomic E-state index is 12.4. The van der Waals surface area contributed by atoms with Gasteiger partial charge in [-0.05, 0) is 35.4 Å². The summed E-state index contributed by atoms with van der Waals surface area (Å²) in [6.07, 6.45) is 0.152. The monoisotopic (exact) mass is 427 g/mol. The number of carbonyl (C=O) groups is 3. The number of carbonyl (C=O) groups excluding carboxylic acids is 1. The molecule has 2 aromatic carbocycles. The summed E-state index contributed by atoms with van der Waals surface area (Å²) in [5.74, 6) is -2.70. The molecular formula is C21H14ClNO5S. The predicted molar refractivity (Wildman–Crippen MR) is 110 cm³/mol. The topological polar surface area (TPSA) is 104 Å². The van der Waals surface area contributed by atoms with Crippen LogP contribution in [0.1, 0.15) is 42.8 Å². The zero-order valence-corrected chi connectivity index (χ0v) is 16.4. The highest BCUT2D eigenvalue weighted by atomic mass is 35.5. The molecule has 1 atom stereocenters. The van der Waals surface area contributed by atoms with Gasteiger partial charge in [-0.2, -0.15) is 0 Å². The number of nitrogens with one attached hydrogen (secondary N) is 1. The van der Waals surface area contributed by atoms with Crippen LogP contribution in [0.3, 0.4) is 0 Å². The van der Waals surface area contributed by atoms with Crippen LogP contribution in [-0.4, -0.2) is 28.1 Å². The number of carboxylic acids is 2. The lowest BCUT2D eigenvalue weighted by molar-refractivity contribution is -0.116. The van der Waals surface area contributed by atoms with Gasteiger partial charge in [0.15, 0.2) is 0 Å². The Bertz CT molecular complexity index is 1140. The fourth-order valence-electron chi connectivity index (χ4n) is 3.46. The van der Waals surface area contributed by atoms with Crippen molar-refractivity contribution < 1.29 is 24.6 Å². The number of rotatable bonds is 4. The van der Waals surface area contributed by atoms with Crippen molar-refractivity contribution in [1.82, 2.24) is 0 Å². The summed E-state index contributed by atoms with van der Waals surface area (Å²) in [7, 11) is 0. The summed E-state index contributed by atoms with van der Waals surface area (Å²) in [5.41, 5.74) is 2.49. The van der Waals surface area contributed by atoms with Crippen molar-refractivity contribution in [3.63, 3.8) is 0 Å². The molecule has 8 heteroatoms. The molecule has 3 N–H and O–H groups in total. The van der Waals surface area contributed by atoms with Gasteiger partial charge in [-0.15, -0.1) is 11.3 Å². The molecule has 0 fully saturated rings. The number of benzene rings is 2. The van der Waals surface area contributed by atoms with Crippen molar-refractivity contribution >= 4 is 46.5 Å². The van der Waals surface area contributed by atoms with Crippen LogP contribution in [0.25, 0.3) is 11.1 Å². The minimum Gasteiger partial charge on any atom is -0.478 e. The molecule has 0 bridgehead atoms. The van der Waals surface area contributed by atoms with Gasteiger partial charge in [-0.3, -0.25) is 4.79 Å². The number of carboxylic acid groups (broad SMARTS) is 2. The van der Waals surface area contributed by atoms with E-state index >= 15 is 0 Å². The molecule has 1 aliphatic heterocycles. The molecule has 1 amide bonds. The molecule has 0 spiro atoms. The van der Waals surface area contributed by atoms with E-state index in [9.17, 15) is 19.5 Å². The maximum atomic E-state index is 12.4. The molecule has 4 rings (SSSR count). The molecule has 146 valence electrons. The second-order valence-electron chi connectivity index (χ2n) is 6.59. The number of hydrogen-bond donors (Lipinski definition) is 3. The van der Waals surface area contributed by atoms with E-state index < -0.39 is 11.9 Å². The van der Waals surface area contributed by atoms with E-state index in [0.717, 1.165) is 21.8 Å². The van der Waals surface area contributed by atoms with E-state index in [-0.39, 0.29) is 28.7 Å². The van der Waals surface area contributed by atoms with Gasteiger partial charge in [-0.25, -0.2) is 9.59 Å². The predicted octanol–water partition coefficient (Wildman–Crippen LogP) is 4.94. The van der Waals surface area contributed by atoms with Crippen LogP contribution in [0.2, 0.25) is 5.02 Å². The average Bonchev–Trinajstić information content (AvgIpc) is 3.07. The fraction of sp³-hybridized carbons (Fsp3) is 0.0952. The third-order valence-electron chi connectivity index (χ3n) is 4.79. The Morgan fingerprint density at radius 1 is 1.00 bits per heavy atom. The SMILES string of the molecule is O=C1CC(c2ccc(C(=O)O)cc2)c2sc(C(=O)O)c(-c3ccc(Cl)cc3)c2N1. The third-order valence-corrected chi connectivity index (χ3v) is 6.34. The molecule has 1 aliphatic rings. The van der Waals surface area contributed by atoms with Crippen LogP contribution < -0.4 is 5.32 Å². The van der Waals surface area contributed by atoms with Crippen LogP contribution in [0.4, 0.5) is 5.69 Å². The maximum Gasteiger partial charge on any atom is 0.346 e. The van der Waals surface area contributed by atoms with E-state index in [1.165, 1.54) is 12.1 Å². The Labute approximate surface area is 174 Å². The first-order valence-electron chi connectivity index (χ1n) is 8.64. The van der Waals surface area contributed by atoms with Crippen LogP contribution >= 0.6 is 22.9 Å². The first-order valence-corrected chi connectivity index (χ1v) is 9.83. The van der Waals surface area contributed by atoms with Gasteiger partial charge in [-0.1, -0.05) is 35.9 Å². The Morgan fingerprint density at radius 2 is 1.66 bits per heavy atom. The molecule has 29 heavy (non-hydrogen) atoms. The lowest BCUT2D eigenvalue weighted by Gasteiger charge is -2.24. The zero-order valence-electron chi connectivity index (χ0n) is 14.8. The second kappa shape index (κ2) is 7.35. The molecule has 6 nitrogen and oxygen atoms in total. The van der Waals surface area contributed by atoms with Crippen molar-refractivity contribution in [3.05, 3.63) is 74.4 Å². The Morgan fingerprint density at radius 3 is 2.24 bits per heavy atom. The average molecular weight is 428 g/mol. The number of aromatic carboxylic acids is 2. The number of hydrogen-bond acceptors (Lipinski definition) is 4. The fourth-order valence-corrected chi connectivity index (χ4v) is 4.83. The van der Waals surface area contributed by atoms with Crippen LogP contribution in [-0.2, 0) is 4.79 Å². The van der Waals surface area contributed by atoms with E-state index in [0.29, 0.717) is 21.8 Å². The largest absolute Gasteiger partial charge is 0.478 e. The van der Waals surface area contributed by atoms with Gasteiger partial charge >= 0.3 is 11.9 Å². The highest BCUT2D eigenvalue weighted by Gasteiger charge is 2.34. The van der Waals surface area contributed by atoms with E-state index in [4.69, 9.17) is 16.7 Å². The van der Waals surface area contributed by atoms with Crippen molar-refractivity contribution in [2.24, 2.45) is 0 Å². The smallest absolute Gasteiger partial charge is 0.346 e. The van der Waals surface area contributed by atoms with Crippen molar-refractivity contribution in [2.75, 3.05) is 5.32 Å². The summed E-state index contributed by atoms with van der Waals surface area (Å²) in [4.78, 5) is 36.3. The lowest BCUT2D eigenvalue weighted by atomic mass is 9.88. The highest BCUT2D eigenvalue weighted by molar-refractivity contribution is 7.15. The quantitative estimate of drug-likeness (QED) is 0.547. The molecule has 0 radical (unpaired) electrons. The van der Waals surface area contributed by atoms with E-state index in [1.807, 2.05) is 0 Å². The Kier molecular flexibility index (Phi) is 4.86. The number of thiophene rings is 1. The number of halogens is 1. The molecule has 3 aromatic rings. The molecule has 0 aliphatic carbocycles. The number of amides is 1. The number of fused-ring (bicyclic) bond motifs is 1. The van der Waals surface area contributed by atoms with E-state index in [2.05, 4.69) is 5.32 Å². The highest BCUT2D eigenvalue weighted by Crippen LogP contribution is 2.49. The lowest BCUT2D eigenvalue weighted by Crippen LogP contribution is -2.22. The van der Waals surface area contributed by atoms with Crippen LogP contribution in [0, 0.1) is 0 Å². The molecule has 1 aromatic heterocycles. The molecule has 0 saturated carbocycles. The Hall–Kier alpha value is -3.16. The third kappa shape index (κ3) is 3.50.